The van der Waals surface area contributed by atoms with Gasteiger partial charge in [0.15, 0.2) is 0 Å². The molecular formula is C11H12N4O3. The Balaban J connectivity index is 1.85. The molecule has 2 aromatic heterocycles. The third kappa shape index (κ3) is 2.09. The Morgan fingerprint density at radius 1 is 1.22 bits per heavy atom. The van der Waals surface area contributed by atoms with Crippen LogP contribution in [0.3, 0.4) is 0 Å². The van der Waals surface area contributed by atoms with Gasteiger partial charge in [0.2, 0.25) is 17.5 Å². The van der Waals surface area contributed by atoms with Crippen LogP contribution < -0.4 is 0 Å². The van der Waals surface area contributed by atoms with E-state index >= 15 is 0 Å². The Bertz CT molecular complexity index is 516. The number of hydrogen-bond acceptors (Lipinski definition) is 7. The monoisotopic (exact) mass is 248 g/mol. The fraction of sp³-hybridized carbons (Fsp3) is 0.455. The summed E-state index contributed by atoms with van der Waals surface area (Å²) in [5.41, 5.74) is 0. The lowest BCUT2D eigenvalue weighted by Crippen LogP contribution is -2.30. The molecule has 0 spiro atoms. The summed E-state index contributed by atoms with van der Waals surface area (Å²) >= 11 is 0. The number of ether oxygens (including phenoxy) is 1. The predicted octanol–water partition coefficient (Wildman–Crippen LogP) is 0.391. The quantitative estimate of drug-likeness (QED) is 0.821. The molecule has 94 valence electrons. The van der Waals surface area contributed by atoms with Gasteiger partial charge in [-0.1, -0.05) is 5.16 Å². The number of aliphatic hydroxyl groups excluding tert-OH is 1. The Morgan fingerprint density at radius 3 is 2.83 bits per heavy atom. The van der Waals surface area contributed by atoms with E-state index in [1.807, 2.05) is 0 Å². The molecule has 2 unspecified atom stereocenters. The van der Waals surface area contributed by atoms with Crippen molar-refractivity contribution in [1.82, 2.24) is 20.1 Å². The van der Waals surface area contributed by atoms with Gasteiger partial charge < -0.3 is 14.4 Å². The minimum absolute atomic E-state index is 0.274. The van der Waals surface area contributed by atoms with Crippen LogP contribution in [0.5, 0.6) is 0 Å². The summed E-state index contributed by atoms with van der Waals surface area (Å²) in [6, 6.07) is 1.71. The van der Waals surface area contributed by atoms with Crippen molar-refractivity contribution in [3.63, 3.8) is 0 Å². The molecule has 1 saturated heterocycles. The van der Waals surface area contributed by atoms with Crippen LogP contribution in [0.4, 0.5) is 0 Å². The predicted molar refractivity (Wildman–Crippen MR) is 59.5 cm³/mol. The fourth-order valence-electron chi connectivity index (χ4n) is 1.85. The lowest BCUT2D eigenvalue weighted by atomic mass is 9.99. The second-order valence-electron chi connectivity index (χ2n) is 4.07. The summed E-state index contributed by atoms with van der Waals surface area (Å²) in [6.45, 7) is 0.943. The van der Waals surface area contributed by atoms with Crippen molar-refractivity contribution in [2.24, 2.45) is 0 Å². The molecule has 0 radical (unpaired) electrons. The van der Waals surface area contributed by atoms with E-state index in [0.29, 0.717) is 37.2 Å². The van der Waals surface area contributed by atoms with E-state index in [1.165, 1.54) is 0 Å². The smallest absolute Gasteiger partial charge is 0.240 e. The minimum atomic E-state index is -0.510. The number of nitrogens with zero attached hydrogens (tertiary/aromatic N) is 4. The van der Waals surface area contributed by atoms with Crippen LogP contribution in [-0.4, -0.2) is 44.5 Å². The highest BCUT2D eigenvalue weighted by atomic mass is 16.5. The highest BCUT2D eigenvalue weighted by Gasteiger charge is 2.30. The van der Waals surface area contributed by atoms with E-state index in [0.717, 1.165) is 0 Å². The number of rotatable bonds is 2. The van der Waals surface area contributed by atoms with Crippen molar-refractivity contribution >= 4 is 0 Å². The molecule has 1 aliphatic rings. The van der Waals surface area contributed by atoms with Crippen molar-refractivity contribution in [3.05, 3.63) is 24.4 Å². The molecule has 2 aromatic rings. The van der Waals surface area contributed by atoms with E-state index in [9.17, 15) is 5.11 Å². The van der Waals surface area contributed by atoms with E-state index < -0.39 is 6.10 Å². The maximum atomic E-state index is 9.86. The zero-order chi connectivity index (χ0) is 12.4. The summed E-state index contributed by atoms with van der Waals surface area (Å²) in [7, 11) is 0. The van der Waals surface area contributed by atoms with E-state index in [4.69, 9.17) is 9.26 Å². The summed E-state index contributed by atoms with van der Waals surface area (Å²) < 4.78 is 10.5. The Morgan fingerprint density at radius 2 is 2.06 bits per heavy atom. The summed E-state index contributed by atoms with van der Waals surface area (Å²) in [5, 5.41) is 13.7. The second kappa shape index (κ2) is 4.79. The molecule has 0 bridgehead atoms. The Labute approximate surface area is 103 Å². The van der Waals surface area contributed by atoms with Gasteiger partial charge >= 0.3 is 0 Å². The first-order valence-corrected chi connectivity index (χ1v) is 5.71. The molecule has 2 atom stereocenters. The highest BCUT2D eigenvalue weighted by molar-refractivity contribution is 5.40. The van der Waals surface area contributed by atoms with E-state index in [2.05, 4.69) is 20.1 Å². The third-order valence-electron chi connectivity index (χ3n) is 2.84. The van der Waals surface area contributed by atoms with Gasteiger partial charge in [0.25, 0.3) is 0 Å². The number of hydrogen-bond donors (Lipinski definition) is 1. The van der Waals surface area contributed by atoms with Crippen molar-refractivity contribution in [3.8, 4) is 11.6 Å². The van der Waals surface area contributed by atoms with Crippen molar-refractivity contribution in [1.29, 1.82) is 0 Å². The molecule has 18 heavy (non-hydrogen) atoms. The topological polar surface area (TPSA) is 94.2 Å². The van der Waals surface area contributed by atoms with E-state index in [1.54, 1.807) is 18.5 Å². The Hall–Kier alpha value is -1.86. The summed E-state index contributed by atoms with van der Waals surface area (Å²) in [6.07, 6.45) is 3.28. The zero-order valence-corrected chi connectivity index (χ0v) is 9.56. The molecule has 7 nitrogen and oxygen atoms in total. The van der Waals surface area contributed by atoms with Gasteiger partial charge in [-0.2, -0.15) is 4.98 Å². The first-order valence-electron chi connectivity index (χ1n) is 5.71. The number of aliphatic hydroxyl groups is 1. The standard InChI is InChI=1S/C11H12N4O3/c16-8-2-5-17-6-7(8)11-14-10(15-18-11)9-12-3-1-4-13-9/h1,3-4,7-8,16H,2,5-6H2. The fourth-order valence-corrected chi connectivity index (χ4v) is 1.85. The van der Waals surface area contributed by atoms with Gasteiger partial charge in [0.1, 0.15) is 0 Å². The maximum absolute atomic E-state index is 9.86. The summed E-state index contributed by atoms with van der Waals surface area (Å²) in [5.74, 6) is 0.815. The molecule has 0 aliphatic carbocycles. The average Bonchev–Trinajstić information content (AvgIpc) is 2.90. The van der Waals surface area contributed by atoms with E-state index in [-0.39, 0.29) is 5.92 Å². The lowest BCUT2D eigenvalue weighted by molar-refractivity contribution is -0.0149. The second-order valence-corrected chi connectivity index (χ2v) is 4.07. The van der Waals surface area contributed by atoms with Crippen LogP contribution in [0, 0.1) is 0 Å². The zero-order valence-electron chi connectivity index (χ0n) is 9.56. The lowest BCUT2D eigenvalue weighted by Gasteiger charge is -2.24. The minimum Gasteiger partial charge on any atom is -0.392 e. The van der Waals surface area contributed by atoms with Crippen LogP contribution in [0.25, 0.3) is 11.6 Å². The van der Waals surface area contributed by atoms with Crippen LogP contribution in [0.2, 0.25) is 0 Å². The molecule has 0 saturated carbocycles. The maximum Gasteiger partial charge on any atom is 0.240 e. The largest absolute Gasteiger partial charge is 0.392 e. The normalized spacial score (nSPS) is 24.1. The summed E-state index contributed by atoms with van der Waals surface area (Å²) in [4.78, 5) is 12.3. The molecule has 3 rings (SSSR count). The van der Waals surface area contributed by atoms with Gasteiger partial charge in [-0.25, -0.2) is 9.97 Å². The van der Waals surface area contributed by atoms with Gasteiger partial charge in [-0.05, 0) is 12.5 Å². The number of aromatic nitrogens is 4. The van der Waals surface area contributed by atoms with Crippen molar-refractivity contribution in [2.75, 3.05) is 13.2 Å². The van der Waals surface area contributed by atoms with Gasteiger partial charge in [-0.3, -0.25) is 0 Å². The molecule has 0 aromatic carbocycles. The Kier molecular flexibility index (Phi) is 2.99. The van der Waals surface area contributed by atoms with Gasteiger partial charge in [0, 0.05) is 19.0 Å². The van der Waals surface area contributed by atoms with Gasteiger partial charge in [-0.15, -0.1) is 0 Å². The molecule has 7 heteroatoms. The molecule has 0 amide bonds. The first kappa shape index (κ1) is 11.2. The van der Waals surface area contributed by atoms with Gasteiger partial charge in [0.05, 0.1) is 18.6 Å². The average molecular weight is 248 g/mol. The third-order valence-corrected chi connectivity index (χ3v) is 2.84. The van der Waals surface area contributed by atoms with Crippen LogP contribution >= 0.6 is 0 Å². The molecule has 1 fully saturated rings. The van der Waals surface area contributed by atoms with Crippen LogP contribution in [0.1, 0.15) is 18.2 Å². The first-order chi connectivity index (χ1) is 8.84. The molecule has 1 N–H and O–H groups in total. The molecular weight excluding hydrogens is 236 g/mol. The van der Waals surface area contributed by atoms with Crippen LogP contribution in [-0.2, 0) is 4.74 Å². The molecule has 1 aliphatic heterocycles. The van der Waals surface area contributed by atoms with Crippen molar-refractivity contribution in [2.45, 2.75) is 18.4 Å². The highest BCUT2D eigenvalue weighted by Crippen LogP contribution is 2.25. The molecule has 3 heterocycles. The van der Waals surface area contributed by atoms with Crippen molar-refractivity contribution < 1.29 is 14.4 Å². The van der Waals surface area contributed by atoms with Crippen LogP contribution in [0.15, 0.2) is 23.0 Å². The SMILES string of the molecule is OC1CCOCC1c1nc(-c2ncccn2)no1.